The summed E-state index contributed by atoms with van der Waals surface area (Å²) in [5.41, 5.74) is 0.718. The summed E-state index contributed by atoms with van der Waals surface area (Å²) in [5.74, 6) is 0.397. The molecule has 17 heavy (non-hydrogen) atoms. The third-order valence-electron chi connectivity index (χ3n) is 3.24. The lowest BCUT2D eigenvalue weighted by molar-refractivity contribution is 0.0272. The number of aliphatic hydroxyl groups is 1. The summed E-state index contributed by atoms with van der Waals surface area (Å²) in [6, 6.07) is 5.17. The zero-order chi connectivity index (χ0) is 12.4. The molecule has 4 heteroatoms. The van der Waals surface area contributed by atoms with Gasteiger partial charge < -0.3 is 10.0 Å². The molecule has 0 unspecified atom stereocenters. The van der Waals surface area contributed by atoms with Crippen LogP contribution in [0.5, 0.6) is 0 Å². The van der Waals surface area contributed by atoms with E-state index in [4.69, 9.17) is 0 Å². The summed E-state index contributed by atoms with van der Waals surface area (Å²) in [4.78, 5) is 2.11. The first-order valence-electron chi connectivity index (χ1n) is 5.85. The molecule has 1 aliphatic carbocycles. The van der Waals surface area contributed by atoms with Crippen LogP contribution in [-0.4, -0.2) is 29.7 Å². The molecule has 1 N–H and O–H groups in total. The second-order valence-corrected chi connectivity index (χ2v) is 5.84. The van der Waals surface area contributed by atoms with Gasteiger partial charge in [-0.1, -0.05) is 22.0 Å². The van der Waals surface area contributed by atoms with Gasteiger partial charge in [-0.15, -0.1) is 0 Å². The predicted molar refractivity (Wildman–Crippen MR) is 69.2 cm³/mol. The van der Waals surface area contributed by atoms with E-state index in [1.807, 2.05) is 19.2 Å². The number of benzene rings is 1. The molecule has 2 nitrogen and oxygen atoms in total. The second-order valence-electron chi connectivity index (χ2n) is 4.92. The van der Waals surface area contributed by atoms with Crippen LogP contribution in [0, 0.1) is 11.7 Å². The van der Waals surface area contributed by atoms with Gasteiger partial charge in [0.05, 0.1) is 6.10 Å². The fraction of sp³-hybridized carbons (Fsp3) is 0.538. The van der Waals surface area contributed by atoms with Crippen molar-refractivity contribution < 1.29 is 9.50 Å². The minimum atomic E-state index is -0.167. The van der Waals surface area contributed by atoms with Crippen molar-refractivity contribution in [3.63, 3.8) is 0 Å². The lowest BCUT2D eigenvalue weighted by atomic mass is 9.82. The average molecular weight is 302 g/mol. The summed E-state index contributed by atoms with van der Waals surface area (Å²) in [7, 11) is 1.99. The first-order chi connectivity index (χ1) is 8.04. The highest BCUT2D eigenvalue weighted by Gasteiger charge is 2.27. The lowest BCUT2D eigenvalue weighted by Gasteiger charge is -2.34. The second kappa shape index (κ2) is 5.46. The third-order valence-corrected chi connectivity index (χ3v) is 3.73. The number of hydrogen-bond donors (Lipinski definition) is 1. The minimum absolute atomic E-state index is 0.113. The molecular formula is C13H17BrFNO. The molecule has 1 saturated carbocycles. The van der Waals surface area contributed by atoms with Gasteiger partial charge in [-0.25, -0.2) is 4.39 Å². The van der Waals surface area contributed by atoms with E-state index in [-0.39, 0.29) is 11.9 Å². The van der Waals surface area contributed by atoms with Crippen molar-refractivity contribution in [2.45, 2.75) is 25.5 Å². The Balaban J connectivity index is 1.87. The Kier molecular flexibility index (Phi) is 4.17. The van der Waals surface area contributed by atoms with Gasteiger partial charge in [-0.2, -0.15) is 0 Å². The normalized spacial score (nSPS) is 23.8. The number of halogens is 2. The van der Waals surface area contributed by atoms with Crippen LogP contribution in [0.15, 0.2) is 22.7 Å². The fourth-order valence-corrected chi connectivity index (χ4v) is 2.63. The maximum atomic E-state index is 13.6. The molecule has 0 aliphatic heterocycles. The van der Waals surface area contributed by atoms with Crippen molar-refractivity contribution in [2.75, 3.05) is 13.6 Å². The first-order valence-corrected chi connectivity index (χ1v) is 6.64. The molecule has 0 spiro atoms. The monoisotopic (exact) mass is 301 g/mol. The molecule has 0 aromatic heterocycles. The zero-order valence-electron chi connectivity index (χ0n) is 9.87. The average Bonchev–Trinajstić information content (AvgIpc) is 2.20. The number of rotatable bonds is 4. The molecule has 2 rings (SSSR count). The van der Waals surface area contributed by atoms with Gasteiger partial charge in [0, 0.05) is 23.1 Å². The van der Waals surface area contributed by atoms with Crippen LogP contribution in [0.4, 0.5) is 4.39 Å². The number of aliphatic hydroxyl groups excluding tert-OH is 1. The number of hydrogen-bond acceptors (Lipinski definition) is 2. The van der Waals surface area contributed by atoms with E-state index >= 15 is 0 Å². The molecule has 1 fully saturated rings. The van der Waals surface area contributed by atoms with Crippen LogP contribution in [0.1, 0.15) is 18.4 Å². The van der Waals surface area contributed by atoms with E-state index in [0.29, 0.717) is 12.5 Å². The van der Waals surface area contributed by atoms with Crippen LogP contribution >= 0.6 is 15.9 Å². The Morgan fingerprint density at radius 1 is 1.47 bits per heavy atom. The van der Waals surface area contributed by atoms with Crippen molar-refractivity contribution in [1.82, 2.24) is 4.90 Å². The predicted octanol–water partition coefficient (Wildman–Crippen LogP) is 2.79. The largest absolute Gasteiger partial charge is 0.393 e. The molecule has 1 aromatic carbocycles. The molecule has 0 saturated heterocycles. The fourth-order valence-electron chi connectivity index (χ4n) is 2.30. The molecule has 0 heterocycles. The Morgan fingerprint density at radius 2 is 2.18 bits per heavy atom. The highest BCUT2D eigenvalue weighted by Crippen LogP contribution is 2.28. The van der Waals surface area contributed by atoms with Crippen molar-refractivity contribution in [2.24, 2.45) is 5.92 Å². The summed E-state index contributed by atoms with van der Waals surface area (Å²) < 4.78 is 14.4. The molecule has 0 bridgehead atoms. The van der Waals surface area contributed by atoms with Crippen molar-refractivity contribution in [1.29, 1.82) is 0 Å². The molecule has 1 aromatic rings. The molecule has 94 valence electrons. The highest BCUT2D eigenvalue weighted by molar-refractivity contribution is 9.10. The Labute approximate surface area is 110 Å². The van der Waals surface area contributed by atoms with Gasteiger partial charge in [0.1, 0.15) is 5.82 Å². The standard InChI is InChI=1S/C13H17BrFNO/c1-16(7-9-4-12(17)5-9)8-10-2-3-11(14)6-13(10)15/h2-3,6,9,12,17H,4-5,7-8H2,1H3. The molecular weight excluding hydrogens is 285 g/mol. The first kappa shape index (κ1) is 13.0. The molecule has 0 radical (unpaired) electrons. The van der Waals surface area contributed by atoms with Gasteiger partial charge in [0.2, 0.25) is 0 Å². The van der Waals surface area contributed by atoms with Crippen molar-refractivity contribution in [3.05, 3.63) is 34.1 Å². The van der Waals surface area contributed by atoms with Gasteiger partial charge in [0.25, 0.3) is 0 Å². The number of nitrogens with zero attached hydrogens (tertiary/aromatic N) is 1. The van der Waals surface area contributed by atoms with E-state index in [1.54, 1.807) is 0 Å². The summed E-state index contributed by atoms with van der Waals surface area (Å²) in [6.45, 7) is 1.54. The summed E-state index contributed by atoms with van der Waals surface area (Å²) in [5, 5.41) is 9.21. The Bertz CT molecular complexity index is 393. The molecule has 0 atom stereocenters. The van der Waals surface area contributed by atoms with Crippen LogP contribution in [-0.2, 0) is 6.54 Å². The van der Waals surface area contributed by atoms with E-state index in [0.717, 1.165) is 29.4 Å². The lowest BCUT2D eigenvalue weighted by Crippen LogP contribution is -2.36. The van der Waals surface area contributed by atoms with Crippen LogP contribution in [0.25, 0.3) is 0 Å². The smallest absolute Gasteiger partial charge is 0.128 e. The van der Waals surface area contributed by atoms with Gasteiger partial charge >= 0.3 is 0 Å². The zero-order valence-corrected chi connectivity index (χ0v) is 11.5. The quantitative estimate of drug-likeness (QED) is 0.924. The summed E-state index contributed by atoms with van der Waals surface area (Å²) >= 11 is 3.25. The minimum Gasteiger partial charge on any atom is -0.393 e. The van der Waals surface area contributed by atoms with E-state index < -0.39 is 0 Å². The summed E-state index contributed by atoms with van der Waals surface area (Å²) in [6.07, 6.45) is 1.65. The van der Waals surface area contributed by atoms with Crippen molar-refractivity contribution >= 4 is 15.9 Å². The van der Waals surface area contributed by atoms with Crippen molar-refractivity contribution in [3.8, 4) is 0 Å². The SMILES string of the molecule is CN(Cc1ccc(Br)cc1F)CC1CC(O)C1. The van der Waals surface area contributed by atoms with Gasteiger partial charge in [-0.05, 0) is 37.9 Å². The van der Waals surface area contributed by atoms with Gasteiger partial charge in [0.15, 0.2) is 0 Å². The van der Waals surface area contributed by atoms with E-state index in [2.05, 4.69) is 20.8 Å². The van der Waals surface area contributed by atoms with Crippen LogP contribution < -0.4 is 0 Å². The molecule has 1 aliphatic rings. The Morgan fingerprint density at radius 3 is 2.76 bits per heavy atom. The highest BCUT2D eigenvalue weighted by atomic mass is 79.9. The topological polar surface area (TPSA) is 23.5 Å². The van der Waals surface area contributed by atoms with E-state index in [1.165, 1.54) is 6.07 Å². The maximum Gasteiger partial charge on any atom is 0.128 e. The maximum absolute atomic E-state index is 13.6. The van der Waals surface area contributed by atoms with Crippen LogP contribution in [0.3, 0.4) is 0 Å². The van der Waals surface area contributed by atoms with Gasteiger partial charge in [-0.3, -0.25) is 0 Å². The molecule has 0 amide bonds. The van der Waals surface area contributed by atoms with Crippen LogP contribution in [0.2, 0.25) is 0 Å². The van der Waals surface area contributed by atoms with E-state index in [9.17, 15) is 9.50 Å². The third kappa shape index (κ3) is 3.50. The Hall–Kier alpha value is -0.450.